The molecular weight excluding hydrogens is 532 g/mol. The number of aliphatic hydroxyl groups excluding tert-OH is 3. The maximum absolute atomic E-state index is 12.4. The molecule has 1 aromatic carbocycles. The Morgan fingerprint density at radius 3 is 2.42 bits per heavy atom. The van der Waals surface area contributed by atoms with E-state index in [0.29, 0.717) is 12.0 Å². The van der Waals surface area contributed by atoms with Crippen LogP contribution in [0.4, 0.5) is 0 Å². The van der Waals surface area contributed by atoms with Crippen LogP contribution in [-0.2, 0) is 42.7 Å². The van der Waals surface area contributed by atoms with E-state index in [2.05, 4.69) is 0 Å². The third kappa shape index (κ3) is 6.63. The molecule has 4 N–H and O–H groups in total. The van der Waals surface area contributed by atoms with Crippen LogP contribution in [0.3, 0.4) is 0 Å². The van der Waals surface area contributed by atoms with Gasteiger partial charge in [0, 0.05) is 25.5 Å². The van der Waals surface area contributed by atoms with E-state index in [0.717, 1.165) is 6.08 Å². The van der Waals surface area contributed by atoms with Gasteiger partial charge in [0.25, 0.3) is 0 Å². The minimum atomic E-state index is -1.69. The van der Waals surface area contributed by atoms with Crippen molar-refractivity contribution in [1.29, 1.82) is 0 Å². The lowest BCUT2D eigenvalue weighted by Gasteiger charge is -2.47. The van der Waals surface area contributed by atoms with E-state index in [4.69, 9.17) is 33.2 Å². The van der Waals surface area contributed by atoms with Crippen molar-refractivity contribution < 1.29 is 63.2 Å². The van der Waals surface area contributed by atoms with Crippen LogP contribution in [0.25, 0.3) is 6.08 Å². The first-order valence-electron chi connectivity index (χ1n) is 12.7. The molecule has 0 amide bonds. The van der Waals surface area contributed by atoms with Crippen LogP contribution < -0.4 is 0 Å². The fraction of sp³-hybridized carbons (Fsp3) is 0.556. The molecule has 0 spiro atoms. The van der Waals surface area contributed by atoms with Crippen molar-refractivity contribution in [3.05, 3.63) is 47.7 Å². The van der Waals surface area contributed by atoms with Gasteiger partial charge in [0.2, 0.25) is 6.29 Å². The highest BCUT2D eigenvalue weighted by atomic mass is 16.8. The second-order valence-corrected chi connectivity index (χ2v) is 9.70. The van der Waals surface area contributed by atoms with Gasteiger partial charge in [-0.25, -0.2) is 9.59 Å². The molecule has 0 bridgehead atoms. The van der Waals surface area contributed by atoms with E-state index in [-0.39, 0.29) is 11.3 Å². The SMILES string of the molecule is COC(=O)C1=CO[C@H](O[C@@H]2O[C@H](COC(=O)/C=C\c3ccc(O)cc3)[C@@H](O)[C@H](O)[C@H]2O)[C@@H]2[C@H](C)O[C@@H](OC)C[C@H]12. The van der Waals surface area contributed by atoms with Crippen LogP contribution >= 0.6 is 0 Å². The van der Waals surface area contributed by atoms with Crippen LogP contribution in [0.2, 0.25) is 0 Å². The van der Waals surface area contributed by atoms with Crippen LogP contribution in [0.1, 0.15) is 18.9 Å². The lowest BCUT2D eigenvalue weighted by Crippen LogP contribution is -2.61. The summed E-state index contributed by atoms with van der Waals surface area (Å²) in [5, 5.41) is 40.8. The van der Waals surface area contributed by atoms with Gasteiger partial charge in [0.05, 0.1) is 31.0 Å². The van der Waals surface area contributed by atoms with E-state index >= 15 is 0 Å². The fourth-order valence-electron chi connectivity index (χ4n) is 4.99. The number of carbonyl (C=O) groups excluding carboxylic acids is 2. The first-order valence-corrected chi connectivity index (χ1v) is 12.7. The van der Waals surface area contributed by atoms with Gasteiger partial charge in [0.1, 0.15) is 36.8 Å². The lowest BCUT2D eigenvalue weighted by molar-refractivity contribution is -0.353. The molecule has 0 aliphatic carbocycles. The van der Waals surface area contributed by atoms with Crippen molar-refractivity contribution in [2.24, 2.45) is 11.8 Å². The fourth-order valence-corrected chi connectivity index (χ4v) is 4.99. The number of phenolic OH excluding ortho intramolecular Hbond substituents is 1. The summed E-state index contributed by atoms with van der Waals surface area (Å²) in [6.07, 6.45) is -5.70. The molecule has 13 heteroatoms. The van der Waals surface area contributed by atoms with Crippen molar-refractivity contribution in [3.8, 4) is 5.75 Å². The van der Waals surface area contributed by atoms with E-state index < -0.39 is 79.8 Å². The summed E-state index contributed by atoms with van der Waals surface area (Å²) in [5.74, 6) is -2.23. The number of fused-ring (bicyclic) bond motifs is 1. The number of aromatic hydroxyl groups is 1. The Morgan fingerprint density at radius 2 is 1.75 bits per heavy atom. The van der Waals surface area contributed by atoms with Crippen molar-refractivity contribution in [2.45, 2.75) is 62.7 Å². The van der Waals surface area contributed by atoms with Crippen molar-refractivity contribution in [1.82, 2.24) is 0 Å². The highest BCUT2D eigenvalue weighted by Gasteiger charge is 2.52. The average molecular weight is 567 g/mol. The molecular formula is C27H34O13. The zero-order chi connectivity index (χ0) is 29.0. The maximum Gasteiger partial charge on any atom is 0.337 e. The van der Waals surface area contributed by atoms with Gasteiger partial charge in [0.15, 0.2) is 12.6 Å². The van der Waals surface area contributed by atoms with Crippen molar-refractivity contribution in [2.75, 3.05) is 20.8 Å². The molecule has 3 heterocycles. The van der Waals surface area contributed by atoms with Gasteiger partial charge in [-0.05, 0) is 30.7 Å². The Hall–Kier alpha value is -3.04. The second-order valence-electron chi connectivity index (χ2n) is 9.70. The first-order chi connectivity index (χ1) is 19.1. The third-order valence-electron chi connectivity index (χ3n) is 7.18. The molecule has 220 valence electrons. The Morgan fingerprint density at radius 1 is 1.02 bits per heavy atom. The smallest absolute Gasteiger partial charge is 0.337 e. The predicted molar refractivity (Wildman–Crippen MR) is 134 cm³/mol. The zero-order valence-corrected chi connectivity index (χ0v) is 22.2. The highest BCUT2D eigenvalue weighted by molar-refractivity contribution is 5.89. The molecule has 2 fully saturated rings. The lowest BCUT2D eigenvalue weighted by atomic mass is 9.77. The molecule has 0 unspecified atom stereocenters. The van der Waals surface area contributed by atoms with Crippen molar-refractivity contribution in [3.63, 3.8) is 0 Å². The maximum atomic E-state index is 12.4. The van der Waals surface area contributed by atoms with Gasteiger partial charge < -0.3 is 53.6 Å². The first kappa shape index (κ1) is 29.9. The van der Waals surface area contributed by atoms with Crippen LogP contribution in [0.15, 0.2) is 42.2 Å². The number of methoxy groups -OCH3 is 2. The van der Waals surface area contributed by atoms with E-state index in [1.165, 1.54) is 38.7 Å². The standard InChI is InChI=1S/C27H34O13/c1-13-21-16(10-20(34-2)38-13)17(25(33)35-3)11-37-26(21)40-27-24(32)23(31)22(30)18(39-27)12-36-19(29)9-6-14-4-7-15(28)8-5-14/h4-9,11,13,16,18,20-24,26-28,30-32H,10,12H2,1-3H3/b9-6-/t13-,16+,18+,20+,21+,22+,23-,24+,26+,27-/m0/s1. The largest absolute Gasteiger partial charge is 0.508 e. The summed E-state index contributed by atoms with van der Waals surface area (Å²) in [6.45, 7) is 1.30. The molecule has 0 radical (unpaired) electrons. The number of rotatable bonds is 8. The molecule has 0 saturated carbocycles. The molecule has 1 aromatic rings. The monoisotopic (exact) mass is 566 g/mol. The Labute approximate surface area is 230 Å². The summed E-state index contributed by atoms with van der Waals surface area (Å²) in [7, 11) is 2.74. The Bertz CT molecular complexity index is 1090. The van der Waals surface area contributed by atoms with Crippen molar-refractivity contribution >= 4 is 18.0 Å². The highest BCUT2D eigenvalue weighted by Crippen LogP contribution is 2.43. The molecule has 13 nitrogen and oxygen atoms in total. The number of hydrogen-bond acceptors (Lipinski definition) is 13. The zero-order valence-electron chi connectivity index (χ0n) is 22.2. The number of aliphatic hydroxyl groups is 3. The molecule has 10 atom stereocenters. The number of carbonyl (C=O) groups is 2. The van der Waals surface area contributed by atoms with E-state index in [1.54, 1.807) is 19.1 Å². The molecule has 4 rings (SSSR count). The molecule has 40 heavy (non-hydrogen) atoms. The van der Waals surface area contributed by atoms with E-state index in [1.807, 2.05) is 0 Å². The summed E-state index contributed by atoms with van der Waals surface area (Å²) >= 11 is 0. The number of benzene rings is 1. The average Bonchev–Trinajstić information content (AvgIpc) is 2.95. The summed E-state index contributed by atoms with van der Waals surface area (Å²) in [5.41, 5.74) is 0.916. The van der Waals surface area contributed by atoms with Gasteiger partial charge >= 0.3 is 11.9 Å². The van der Waals surface area contributed by atoms with Gasteiger partial charge in [-0.2, -0.15) is 0 Å². The molecule has 3 aliphatic heterocycles. The minimum Gasteiger partial charge on any atom is -0.508 e. The number of hydrogen-bond donors (Lipinski definition) is 4. The van der Waals surface area contributed by atoms with Gasteiger partial charge in [-0.15, -0.1) is 0 Å². The minimum absolute atomic E-state index is 0.0828. The summed E-state index contributed by atoms with van der Waals surface area (Å²) in [4.78, 5) is 24.6. The third-order valence-corrected chi connectivity index (χ3v) is 7.18. The van der Waals surface area contributed by atoms with Crippen LogP contribution in [0.5, 0.6) is 5.75 Å². The summed E-state index contributed by atoms with van der Waals surface area (Å²) in [6, 6.07) is 6.12. The Balaban J connectivity index is 1.42. The van der Waals surface area contributed by atoms with Gasteiger partial charge in [-0.1, -0.05) is 12.1 Å². The molecule has 3 aliphatic rings. The van der Waals surface area contributed by atoms with Crippen LogP contribution in [0, 0.1) is 11.8 Å². The van der Waals surface area contributed by atoms with E-state index in [9.17, 15) is 30.0 Å². The number of esters is 2. The topological polar surface area (TPSA) is 180 Å². The predicted octanol–water partition coefficient (Wildman–Crippen LogP) is 0.200. The molecule has 0 aromatic heterocycles. The quantitative estimate of drug-likeness (QED) is 0.248. The van der Waals surface area contributed by atoms with Gasteiger partial charge in [-0.3, -0.25) is 0 Å². The Kier molecular flexibility index (Phi) is 9.79. The molecule has 2 saturated heterocycles. The normalized spacial score (nSPS) is 35.8. The van der Waals surface area contributed by atoms with Crippen LogP contribution in [-0.4, -0.2) is 103 Å². The second kappa shape index (κ2) is 13.1. The number of phenols is 1. The summed E-state index contributed by atoms with van der Waals surface area (Å²) < 4.78 is 38.6. The number of ether oxygens (including phenoxy) is 7.